The van der Waals surface area contributed by atoms with Gasteiger partial charge in [0.1, 0.15) is 5.92 Å². The molecule has 26 heavy (non-hydrogen) atoms. The number of thioether (sulfide) groups is 1. The van der Waals surface area contributed by atoms with E-state index in [1.165, 1.54) is 0 Å². The Labute approximate surface area is 156 Å². The number of hydrogen-bond donors (Lipinski definition) is 1. The third kappa shape index (κ3) is 3.35. The van der Waals surface area contributed by atoms with E-state index in [-0.39, 0.29) is 5.56 Å². The maximum atomic E-state index is 12.5. The number of nitriles is 1. The van der Waals surface area contributed by atoms with Gasteiger partial charge in [-0.05, 0) is 34.9 Å². The summed E-state index contributed by atoms with van der Waals surface area (Å²) >= 11 is 1.16. The molecule has 0 saturated heterocycles. The maximum Gasteiger partial charge on any atom is 0.255 e. The molecule has 0 spiro atoms. The molecule has 0 fully saturated rings. The Morgan fingerprint density at radius 3 is 2.73 bits per heavy atom. The normalized spacial score (nSPS) is 11.4. The number of hydrogen-bond acceptors (Lipinski definition) is 4. The molecule has 4 nitrogen and oxygen atoms in total. The maximum absolute atomic E-state index is 12.5. The molecule has 0 aliphatic rings. The zero-order chi connectivity index (χ0) is 18.5. The molecule has 0 saturated carbocycles. The Morgan fingerprint density at radius 2 is 2.00 bits per heavy atom. The summed E-state index contributed by atoms with van der Waals surface area (Å²) in [7, 11) is 0. The van der Waals surface area contributed by atoms with Gasteiger partial charge >= 0.3 is 0 Å². The van der Waals surface area contributed by atoms with Crippen molar-refractivity contribution >= 4 is 22.5 Å². The van der Waals surface area contributed by atoms with Crippen LogP contribution >= 0.6 is 11.8 Å². The van der Waals surface area contributed by atoms with E-state index in [1.54, 1.807) is 6.92 Å². The second-order valence-electron chi connectivity index (χ2n) is 5.67. The minimum absolute atomic E-state index is 0.210. The summed E-state index contributed by atoms with van der Waals surface area (Å²) in [6.45, 7) is 3.62. The second kappa shape index (κ2) is 7.91. The molecule has 2 aromatic carbocycles. The highest BCUT2D eigenvalue weighted by Crippen LogP contribution is 2.31. The Bertz CT molecular complexity index is 1110. The highest BCUT2D eigenvalue weighted by molar-refractivity contribution is 8.03. The SMILES string of the molecule is CC#CSc1nc(C(C#N)c2cccc3ccccc23)c(CC)c(=O)[nH]1. The smallest absolute Gasteiger partial charge is 0.255 e. The van der Waals surface area contributed by atoms with Crippen molar-refractivity contribution in [3.05, 3.63) is 69.6 Å². The van der Waals surface area contributed by atoms with Crippen LogP contribution in [0.4, 0.5) is 0 Å². The van der Waals surface area contributed by atoms with Crippen molar-refractivity contribution in [2.45, 2.75) is 31.3 Å². The standard InChI is InChI=1S/C21H17N3OS/c1-3-12-26-21-23-19(15(4-2)20(25)24-21)18(13-22)17-11-7-9-14-8-5-6-10-16(14)17/h5-11,18H,4H2,1-2H3,(H,23,24,25). The van der Waals surface area contributed by atoms with Crippen LogP contribution in [0, 0.1) is 22.5 Å². The molecule has 128 valence electrons. The largest absolute Gasteiger partial charge is 0.300 e. The first-order valence-corrected chi connectivity index (χ1v) is 9.10. The fourth-order valence-electron chi connectivity index (χ4n) is 3.00. The average Bonchev–Trinajstić information content (AvgIpc) is 2.67. The molecule has 0 amide bonds. The fraction of sp³-hybridized carbons (Fsp3) is 0.190. The lowest BCUT2D eigenvalue weighted by atomic mass is 9.89. The number of nitrogens with one attached hydrogen (secondary N) is 1. The van der Waals surface area contributed by atoms with E-state index in [0.29, 0.717) is 22.8 Å². The Hall–Kier alpha value is -3.02. The van der Waals surface area contributed by atoms with Gasteiger partial charge in [0.05, 0.1) is 11.8 Å². The molecule has 1 heterocycles. The summed E-state index contributed by atoms with van der Waals surface area (Å²) in [6, 6.07) is 16.1. The van der Waals surface area contributed by atoms with Gasteiger partial charge in [0, 0.05) is 17.3 Å². The van der Waals surface area contributed by atoms with Crippen LogP contribution in [0.15, 0.2) is 52.4 Å². The number of nitrogens with zero attached hydrogens (tertiary/aromatic N) is 2. The van der Waals surface area contributed by atoms with Gasteiger partial charge in [-0.2, -0.15) is 5.26 Å². The summed E-state index contributed by atoms with van der Waals surface area (Å²) in [5, 5.41) is 15.2. The van der Waals surface area contributed by atoms with Crippen molar-refractivity contribution < 1.29 is 0 Å². The Kier molecular flexibility index (Phi) is 5.41. The predicted molar refractivity (Wildman–Crippen MR) is 105 cm³/mol. The van der Waals surface area contributed by atoms with Gasteiger partial charge in [-0.25, -0.2) is 4.98 Å². The van der Waals surface area contributed by atoms with E-state index >= 15 is 0 Å². The zero-order valence-electron chi connectivity index (χ0n) is 14.5. The number of H-pyrrole nitrogens is 1. The first-order valence-electron chi connectivity index (χ1n) is 8.28. The van der Waals surface area contributed by atoms with Gasteiger partial charge < -0.3 is 4.98 Å². The van der Waals surface area contributed by atoms with Gasteiger partial charge in [0.25, 0.3) is 5.56 Å². The van der Waals surface area contributed by atoms with Crippen LogP contribution in [0.2, 0.25) is 0 Å². The monoisotopic (exact) mass is 359 g/mol. The van der Waals surface area contributed by atoms with Gasteiger partial charge in [0.15, 0.2) is 5.16 Å². The molecule has 0 radical (unpaired) electrons. The molecular weight excluding hydrogens is 342 g/mol. The van der Waals surface area contributed by atoms with Gasteiger partial charge in [-0.15, -0.1) is 0 Å². The number of aromatic amines is 1. The summed E-state index contributed by atoms with van der Waals surface area (Å²) < 4.78 is 0. The third-order valence-electron chi connectivity index (χ3n) is 4.17. The number of benzene rings is 2. The molecule has 3 rings (SSSR count). The molecule has 5 heteroatoms. The van der Waals surface area contributed by atoms with Crippen molar-refractivity contribution in [1.29, 1.82) is 5.26 Å². The number of rotatable bonds is 4. The third-order valence-corrected chi connectivity index (χ3v) is 4.86. The molecule has 1 unspecified atom stereocenters. The van der Waals surface area contributed by atoms with E-state index in [0.717, 1.165) is 28.1 Å². The van der Waals surface area contributed by atoms with Gasteiger partial charge in [-0.3, -0.25) is 4.79 Å². The molecule has 1 atom stereocenters. The zero-order valence-corrected chi connectivity index (χ0v) is 15.4. The van der Waals surface area contributed by atoms with Gasteiger partial charge in [0.2, 0.25) is 0 Å². The molecule has 1 aromatic heterocycles. The van der Waals surface area contributed by atoms with Crippen LogP contribution in [0.5, 0.6) is 0 Å². The average molecular weight is 359 g/mol. The lowest BCUT2D eigenvalue weighted by Gasteiger charge is -2.15. The van der Waals surface area contributed by atoms with E-state index in [1.807, 2.05) is 49.4 Å². The van der Waals surface area contributed by atoms with Crippen molar-refractivity contribution in [3.8, 4) is 17.2 Å². The first-order chi connectivity index (χ1) is 12.7. The minimum atomic E-state index is -0.618. The summed E-state index contributed by atoms with van der Waals surface area (Å²) in [5.41, 5.74) is 1.70. The number of aromatic nitrogens is 2. The molecule has 0 aliphatic carbocycles. The van der Waals surface area contributed by atoms with E-state index in [4.69, 9.17) is 0 Å². The summed E-state index contributed by atoms with van der Waals surface area (Å²) in [6.07, 6.45) is 0.505. The van der Waals surface area contributed by atoms with Crippen molar-refractivity contribution in [1.82, 2.24) is 9.97 Å². The lowest BCUT2D eigenvalue weighted by Crippen LogP contribution is -2.20. The fourth-order valence-corrected chi connectivity index (χ4v) is 3.49. The van der Waals surface area contributed by atoms with Crippen LogP contribution in [0.1, 0.15) is 36.6 Å². The topological polar surface area (TPSA) is 69.5 Å². The highest BCUT2D eigenvalue weighted by Gasteiger charge is 2.23. The van der Waals surface area contributed by atoms with Crippen molar-refractivity contribution in [2.24, 2.45) is 0 Å². The van der Waals surface area contributed by atoms with E-state index in [9.17, 15) is 10.1 Å². The van der Waals surface area contributed by atoms with Crippen LogP contribution in [0.25, 0.3) is 10.8 Å². The number of fused-ring (bicyclic) bond motifs is 1. The molecule has 1 N–H and O–H groups in total. The van der Waals surface area contributed by atoms with Crippen LogP contribution in [-0.4, -0.2) is 9.97 Å². The summed E-state index contributed by atoms with van der Waals surface area (Å²) in [5.74, 6) is 2.15. The van der Waals surface area contributed by atoms with Crippen molar-refractivity contribution in [2.75, 3.05) is 0 Å². The molecule has 0 aliphatic heterocycles. The predicted octanol–water partition coefficient (Wildman–Crippen LogP) is 4.21. The molecule has 0 bridgehead atoms. The van der Waals surface area contributed by atoms with Crippen LogP contribution in [0.3, 0.4) is 0 Å². The van der Waals surface area contributed by atoms with Crippen molar-refractivity contribution in [3.63, 3.8) is 0 Å². The molecule has 3 aromatic rings. The molecular formula is C21H17N3OS. The summed E-state index contributed by atoms with van der Waals surface area (Å²) in [4.78, 5) is 19.8. The highest BCUT2D eigenvalue weighted by atomic mass is 32.2. The lowest BCUT2D eigenvalue weighted by molar-refractivity contribution is 0.810. The second-order valence-corrected chi connectivity index (χ2v) is 6.47. The van der Waals surface area contributed by atoms with E-state index < -0.39 is 5.92 Å². The Balaban J connectivity index is 2.24. The van der Waals surface area contributed by atoms with E-state index in [2.05, 4.69) is 27.2 Å². The minimum Gasteiger partial charge on any atom is -0.300 e. The Morgan fingerprint density at radius 1 is 1.23 bits per heavy atom. The van der Waals surface area contributed by atoms with Gasteiger partial charge in [-0.1, -0.05) is 55.3 Å². The first kappa shape index (κ1) is 17.8. The quantitative estimate of drug-likeness (QED) is 0.430. The van der Waals surface area contributed by atoms with Crippen LogP contribution < -0.4 is 5.56 Å². The van der Waals surface area contributed by atoms with Crippen LogP contribution in [-0.2, 0) is 6.42 Å².